The molecule has 0 unspecified atom stereocenters. The van der Waals surface area contributed by atoms with E-state index in [0.29, 0.717) is 13.2 Å². The van der Waals surface area contributed by atoms with Gasteiger partial charge in [-0.1, -0.05) is 57.6 Å². The Kier molecular flexibility index (Phi) is 10.8. The lowest BCUT2D eigenvalue weighted by Crippen LogP contribution is -2.38. The van der Waals surface area contributed by atoms with Crippen LogP contribution in [0.3, 0.4) is 0 Å². The van der Waals surface area contributed by atoms with Gasteiger partial charge in [-0.2, -0.15) is 0 Å². The molecule has 0 aliphatic carbocycles. The van der Waals surface area contributed by atoms with E-state index < -0.39 is 5.79 Å². The fraction of sp³-hybridized carbons (Fsp3) is 0.714. The maximum atomic E-state index is 6.10. The molecule has 0 saturated heterocycles. The minimum absolute atomic E-state index is 0.497. The Labute approximate surface area is 148 Å². The Morgan fingerprint density at radius 1 is 0.792 bits per heavy atom. The number of nitrogen functional groups attached to an aromatic ring is 1. The Morgan fingerprint density at radius 2 is 1.33 bits per heavy atom. The van der Waals surface area contributed by atoms with Gasteiger partial charge in [0.05, 0.1) is 0 Å². The van der Waals surface area contributed by atoms with E-state index in [0.717, 1.165) is 24.9 Å². The summed E-state index contributed by atoms with van der Waals surface area (Å²) in [6.45, 7) is 7.69. The summed E-state index contributed by atoms with van der Waals surface area (Å²) < 4.78 is 12.2. The molecule has 0 spiro atoms. The van der Waals surface area contributed by atoms with Gasteiger partial charge in [0.15, 0.2) is 5.79 Å². The number of rotatable bonds is 14. The number of unbranched alkanes of at least 4 members (excludes halogenated alkanes) is 6. The van der Waals surface area contributed by atoms with Crippen molar-refractivity contribution in [1.29, 1.82) is 0 Å². The van der Waals surface area contributed by atoms with Gasteiger partial charge >= 0.3 is 0 Å². The molecule has 0 atom stereocenters. The van der Waals surface area contributed by atoms with Crippen LogP contribution in [0.4, 0.5) is 5.69 Å². The van der Waals surface area contributed by atoms with Gasteiger partial charge in [0.2, 0.25) is 0 Å². The van der Waals surface area contributed by atoms with E-state index in [1.54, 1.807) is 0 Å². The van der Waals surface area contributed by atoms with Gasteiger partial charge in [0, 0.05) is 31.7 Å². The number of ether oxygens (including phenoxy) is 2. The molecule has 1 aromatic rings. The molecule has 0 bridgehead atoms. The predicted molar refractivity (Wildman–Crippen MR) is 103 cm³/mol. The topological polar surface area (TPSA) is 44.5 Å². The van der Waals surface area contributed by atoms with E-state index in [-0.39, 0.29) is 0 Å². The highest BCUT2D eigenvalue weighted by Gasteiger charge is 2.31. The molecule has 3 heteroatoms. The van der Waals surface area contributed by atoms with Gasteiger partial charge in [-0.15, -0.1) is 0 Å². The van der Waals surface area contributed by atoms with Crippen molar-refractivity contribution in [2.75, 3.05) is 18.9 Å². The molecule has 0 aliphatic rings. The third-order valence-electron chi connectivity index (χ3n) is 4.43. The smallest absolute Gasteiger partial charge is 0.172 e. The maximum absolute atomic E-state index is 6.10. The summed E-state index contributed by atoms with van der Waals surface area (Å²) >= 11 is 0. The molecule has 0 saturated carbocycles. The quantitative estimate of drug-likeness (QED) is 0.268. The molecule has 1 aromatic carbocycles. The van der Waals surface area contributed by atoms with Crippen molar-refractivity contribution in [3.05, 3.63) is 29.8 Å². The van der Waals surface area contributed by atoms with Gasteiger partial charge in [-0.05, 0) is 38.0 Å². The second kappa shape index (κ2) is 12.3. The molecule has 0 amide bonds. The lowest BCUT2D eigenvalue weighted by molar-refractivity contribution is -0.236. The van der Waals surface area contributed by atoms with E-state index in [4.69, 9.17) is 15.2 Å². The minimum atomic E-state index is -0.497. The van der Waals surface area contributed by atoms with Crippen LogP contribution in [0.2, 0.25) is 0 Å². The van der Waals surface area contributed by atoms with Crippen molar-refractivity contribution in [2.45, 2.75) is 84.3 Å². The zero-order chi connectivity index (χ0) is 17.7. The van der Waals surface area contributed by atoms with E-state index in [1.165, 1.54) is 44.1 Å². The van der Waals surface area contributed by atoms with Crippen LogP contribution in [0.25, 0.3) is 0 Å². The molecule has 2 N–H and O–H groups in total. The minimum Gasteiger partial charge on any atom is -0.399 e. The number of hydrogen-bond donors (Lipinski definition) is 1. The monoisotopic (exact) mass is 335 g/mol. The van der Waals surface area contributed by atoms with Crippen molar-refractivity contribution in [2.24, 2.45) is 0 Å². The molecule has 138 valence electrons. The van der Waals surface area contributed by atoms with Gasteiger partial charge in [0.1, 0.15) is 0 Å². The first-order valence-corrected chi connectivity index (χ1v) is 9.78. The van der Waals surface area contributed by atoms with Crippen molar-refractivity contribution in [3.63, 3.8) is 0 Å². The van der Waals surface area contributed by atoms with Crippen molar-refractivity contribution < 1.29 is 9.47 Å². The second-order valence-electron chi connectivity index (χ2n) is 6.57. The van der Waals surface area contributed by atoms with Crippen molar-refractivity contribution in [3.8, 4) is 0 Å². The summed E-state index contributed by atoms with van der Waals surface area (Å²) in [5, 5.41) is 0. The van der Waals surface area contributed by atoms with E-state index in [2.05, 4.69) is 19.1 Å². The van der Waals surface area contributed by atoms with Crippen molar-refractivity contribution >= 4 is 5.69 Å². The molecule has 0 aliphatic heterocycles. The summed E-state index contributed by atoms with van der Waals surface area (Å²) in [6, 6.07) is 8.05. The summed E-state index contributed by atoms with van der Waals surface area (Å²) in [4.78, 5) is 0. The fourth-order valence-electron chi connectivity index (χ4n) is 3.20. The van der Waals surface area contributed by atoms with Crippen LogP contribution in [0.1, 0.15) is 77.7 Å². The van der Waals surface area contributed by atoms with E-state index in [1.807, 2.05) is 26.0 Å². The number of nitrogens with two attached hydrogens (primary N) is 1. The SMILES string of the molecule is CCCCCCCCCC(Cc1ccc(N)cc1)(OCC)OCC. The van der Waals surface area contributed by atoms with Gasteiger partial charge < -0.3 is 15.2 Å². The van der Waals surface area contributed by atoms with Crippen molar-refractivity contribution in [1.82, 2.24) is 0 Å². The maximum Gasteiger partial charge on any atom is 0.172 e. The highest BCUT2D eigenvalue weighted by Crippen LogP contribution is 2.27. The Bertz CT molecular complexity index is 410. The average Bonchev–Trinajstić information content (AvgIpc) is 2.57. The van der Waals surface area contributed by atoms with Gasteiger partial charge in [0.25, 0.3) is 0 Å². The zero-order valence-electron chi connectivity index (χ0n) is 16.0. The van der Waals surface area contributed by atoms with Crippen LogP contribution in [0, 0.1) is 0 Å². The summed E-state index contributed by atoms with van der Waals surface area (Å²) in [5.41, 5.74) is 7.81. The van der Waals surface area contributed by atoms with Crippen LogP contribution in [0.15, 0.2) is 24.3 Å². The normalized spacial score (nSPS) is 11.8. The molecular weight excluding hydrogens is 298 g/mol. The summed E-state index contributed by atoms with van der Waals surface area (Å²) in [7, 11) is 0. The third-order valence-corrected chi connectivity index (χ3v) is 4.43. The first kappa shape index (κ1) is 21.0. The Hall–Kier alpha value is -1.06. The first-order valence-electron chi connectivity index (χ1n) is 9.78. The summed E-state index contributed by atoms with van der Waals surface area (Å²) in [6.07, 6.45) is 10.8. The number of hydrogen-bond acceptors (Lipinski definition) is 3. The molecule has 0 radical (unpaired) electrons. The molecule has 0 aromatic heterocycles. The molecule has 24 heavy (non-hydrogen) atoms. The molecule has 3 nitrogen and oxygen atoms in total. The van der Waals surface area contributed by atoms with E-state index in [9.17, 15) is 0 Å². The fourth-order valence-corrected chi connectivity index (χ4v) is 3.20. The molecular formula is C21H37NO2. The Balaban J connectivity index is 2.55. The largest absolute Gasteiger partial charge is 0.399 e. The van der Waals surface area contributed by atoms with Crippen LogP contribution in [-0.2, 0) is 15.9 Å². The predicted octanol–water partition coefficient (Wildman–Crippen LogP) is 5.72. The van der Waals surface area contributed by atoms with Crippen LogP contribution in [-0.4, -0.2) is 19.0 Å². The average molecular weight is 336 g/mol. The third kappa shape index (κ3) is 8.16. The molecule has 0 fully saturated rings. The standard InChI is InChI=1S/C21H37NO2/c1-4-7-8-9-10-11-12-17-21(23-5-2,24-6-3)18-19-13-15-20(22)16-14-19/h13-16H,4-12,17-18,22H2,1-3H3. The number of benzene rings is 1. The highest BCUT2D eigenvalue weighted by molar-refractivity contribution is 5.39. The lowest BCUT2D eigenvalue weighted by atomic mass is 9.97. The van der Waals surface area contributed by atoms with Crippen LogP contribution < -0.4 is 5.73 Å². The zero-order valence-corrected chi connectivity index (χ0v) is 16.0. The van der Waals surface area contributed by atoms with Gasteiger partial charge in [-0.3, -0.25) is 0 Å². The second-order valence-corrected chi connectivity index (χ2v) is 6.57. The van der Waals surface area contributed by atoms with E-state index >= 15 is 0 Å². The lowest BCUT2D eigenvalue weighted by Gasteiger charge is -2.33. The number of anilines is 1. The molecule has 1 rings (SSSR count). The summed E-state index contributed by atoms with van der Waals surface area (Å²) in [5.74, 6) is -0.497. The molecule has 0 heterocycles. The van der Waals surface area contributed by atoms with Gasteiger partial charge in [-0.25, -0.2) is 0 Å². The Morgan fingerprint density at radius 3 is 1.88 bits per heavy atom. The first-order chi connectivity index (χ1) is 11.7. The van der Waals surface area contributed by atoms with Crippen LogP contribution in [0.5, 0.6) is 0 Å². The van der Waals surface area contributed by atoms with Crippen LogP contribution >= 0.6 is 0 Å². The highest BCUT2D eigenvalue weighted by atomic mass is 16.7.